The summed E-state index contributed by atoms with van der Waals surface area (Å²) in [5.41, 5.74) is 0.289. The van der Waals surface area contributed by atoms with Gasteiger partial charge in [0.05, 0.1) is 5.60 Å². The molecule has 2 unspecified atom stereocenters. The molecular formula is C15H26O2. The van der Waals surface area contributed by atoms with E-state index < -0.39 is 5.60 Å². The third kappa shape index (κ3) is 2.92. The van der Waals surface area contributed by atoms with Gasteiger partial charge >= 0.3 is 0 Å². The van der Waals surface area contributed by atoms with E-state index in [1.165, 1.54) is 0 Å². The Labute approximate surface area is 105 Å². The lowest BCUT2D eigenvalue weighted by Crippen LogP contribution is -2.33. The highest BCUT2D eigenvalue weighted by molar-refractivity contribution is 5.30. The summed E-state index contributed by atoms with van der Waals surface area (Å²) < 4.78 is 5.66. The second kappa shape index (κ2) is 5.26. The number of aryl methyl sites for hydroxylation is 1. The Balaban J connectivity index is 0.000000686. The Morgan fingerprint density at radius 2 is 2.00 bits per heavy atom. The van der Waals surface area contributed by atoms with Gasteiger partial charge in [0.15, 0.2) is 0 Å². The molecule has 1 N–H and O–H groups in total. The lowest BCUT2D eigenvalue weighted by Gasteiger charge is -2.35. The average molecular weight is 238 g/mol. The van der Waals surface area contributed by atoms with Crippen LogP contribution in [-0.4, -0.2) is 5.11 Å². The largest absolute Gasteiger partial charge is 0.466 e. The molecule has 1 aliphatic carbocycles. The van der Waals surface area contributed by atoms with E-state index in [2.05, 4.69) is 13.8 Å². The fraction of sp³-hybridized carbons (Fsp3) is 0.733. The molecule has 0 fully saturated rings. The number of furan rings is 1. The molecule has 0 spiro atoms. The molecule has 1 aliphatic rings. The summed E-state index contributed by atoms with van der Waals surface area (Å²) >= 11 is 0. The van der Waals surface area contributed by atoms with E-state index in [0.717, 1.165) is 29.9 Å². The van der Waals surface area contributed by atoms with Crippen LogP contribution < -0.4 is 0 Å². The molecule has 17 heavy (non-hydrogen) atoms. The van der Waals surface area contributed by atoms with Crippen LogP contribution >= 0.6 is 0 Å². The van der Waals surface area contributed by atoms with Crippen molar-refractivity contribution in [1.82, 2.24) is 0 Å². The van der Waals surface area contributed by atoms with Crippen LogP contribution in [0.15, 0.2) is 10.5 Å². The lowest BCUT2D eigenvalue weighted by molar-refractivity contribution is 0.00872. The van der Waals surface area contributed by atoms with E-state index in [1.807, 2.05) is 33.8 Å². The molecule has 1 aromatic heterocycles. The maximum absolute atomic E-state index is 10.4. The van der Waals surface area contributed by atoms with Crippen LogP contribution in [0, 0.1) is 18.8 Å². The van der Waals surface area contributed by atoms with Gasteiger partial charge in [0.1, 0.15) is 11.5 Å². The van der Waals surface area contributed by atoms with Gasteiger partial charge in [-0.3, -0.25) is 0 Å². The van der Waals surface area contributed by atoms with Gasteiger partial charge in [-0.05, 0) is 38.2 Å². The first kappa shape index (κ1) is 14.3. The predicted octanol–water partition coefficient (Wildman–Crippen LogP) is 4.04. The van der Waals surface area contributed by atoms with E-state index >= 15 is 0 Å². The van der Waals surface area contributed by atoms with Crippen LogP contribution in [0.1, 0.15) is 58.1 Å². The number of rotatable bonds is 1. The van der Waals surface area contributed by atoms with Crippen molar-refractivity contribution in [3.63, 3.8) is 0 Å². The fourth-order valence-corrected chi connectivity index (χ4v) is 2.57. The maximum Gasteiger partial charge on any atom is 0.110 e. The van der Waals surface area contributed by atoms with Crippen molar-refractivity contribution in [1.29, 1.82) is 0 Å². The first-order valence-electron chi connectivity index (χ1n) is 6.72. The highest BCUT2D eigenvalue weighted by Gasteiger charge is 2.38. The Morgan fingerprint density at radius 3 is 2.53 bits per heavy atom. The number of fused-ring (bicyclic) bond motifs is 1. The van der Waals surface area contributed by atoms with Crippen LogP contribution in [0.2, 0.25) is 0 Å². The van der Waals surface area contributed by atoms with Crippen LogP contribution in [0.4, 0.5) is 0 Å². The summed E-state index contributed by atoms with van der Waals surface area (Å²) in [7, 11) is 0. The van der Waals surface area contributed by atoms with Gasteiger partial charge in [0.25, 0.3) is 0 Å². The molecule has 2 atom stereocenters. The minimum absolute atomic E-state index is 0.526. The zero-order chi connectivity index (χ0) is 13.2. The van der Waals surface area contributed by atoms with Crippen LogP contribution in [0.25, 0.3) is 0 Å². The van der Waals surface area contributed by atoms with E-state index in [4.69, 9.17) is 4.42 Å². The van der Waals surface area contributed by atoms with Gasteiger partial charge in [0, 0.05) is 12.0 Å². The van der Waals surface area contributed by atoms with Crippen LogP contribution in [0.3, 0.4) is 0 Å². The molecule has 0 aliphatic heterocycles. The molecule has 0 radical (unpaired) electrons. The van der Waals surface area contributed by atoms with Crippen molar-refractivity contribution >= 4 is 0 Å². The third-order valence-corrected chi connectivity index (χ3v) is 3.56. The Hall–Kier alpha value is -0.760. The van der Waals surface area contributed by atoms with Crippen molar-refractivity contribution in [3.05, 3.63) is 23.2 Å². The van der Waals surface area contributed by atoms with Gasteiger partial charge in [-0.2, -0.15) is 0 Å². The third-order valence-electron chi connectivity index (χ3n) is 3.56. The van der Waals surface area contributed by atoms with Gasteiger partial charge in [-0.1, -0.05) is 27.7 Å². The molecule has 2 nitrogen and oxygen atoms in total. The molecule has 0 bridgehead atoms. The minimum Gasteiger partial charge on any atom is -0.466 e. The predicted molar refractivity (Wildman–Crippen MR) is 71.0 cm³/mol. The zero-order valence-electron chi connectivity index (χ0n) is 12.0. The van der Waals surface area contributed by atoms with Gasteiger partial charge in [-0.15, -0.1) is 0 Å². The summed E-state index contributed by atoms with van der Waals surface area (Å²) in [6.07, 6.45) is 1.81. The van der Waals surface area contributed by atoms with Crippen LogP contribution in [-0.2, 0) is 12.0 Å². The van der Waals surface area contributed by atoms with Crippen molar-refractivity contribution in [3.8, 4) is 0 Å². The normalized spacial score (nSPS) is 27.4. The van der Waals surface area contributed by atoms with Crippen molar-refractivity contribution in [2.75, 3.05) is 0 Å². The first-order chi connectivity index (χ1) is 7.90. The van der Waals surface area contributed by atoms with Crippen LogP contribution in [0.5, 0.6) is 0 Å². The highest BCUT2D eigenvalue weighted by Crippen LogP contribution is 2.41. The lowest BCUT2D eigenvalue weighted by atomic mass is 9.74. The standard InChI is InChI=1S/C13H20O2.C2H6/c1-8(2)10-6-12-11(5-9(3)15-12)13(4,14)7-10;1-2/h5,8,10,14H,6-7H2,1-4H3;1-2H3. The van der Waals surface area contributed by atoms with Gasteiger partial charge in [0.2, 0.25) is 0 Å². The van der Waals surface area contributed by atoms with Crippen molar-refractivity contribution in [2.45, 2.75) is 60.0 Å². The SMILES string of the molecule is CC.Cc1cc2c(o1)CC(C(C)C)CC2(C)O. The fourth-order valence-electron chi connectivity index (χ4n) is 2.57. The molecule has 1 heterocycles. The quantitative estimate of drug-likeness (QED) is 0.801. The number of hydrogen-bond acceptors (Lipinski definition) is 2. The summed E-state index contributed by atoms with van der Waals surface area (Å²) in [6.45, 7) is 12.3. The molecule has 2 rings (SSSR count). The number of hydrogen-bond donors (Lipinski definition) is 1. The Bertz CT molecular complexity index is 361. The molecule has 1 aromatic rings. The molecule has 98 valence electrons. The van der Waals surface area contributed by atoms with E-state index in [1.54, 1.807) is 0 Å². The smallest absolute Gasteiger partial charge is 0.110 e. The topological polar surface area (TPSA) is 33.4 Å². The molecule has 0 amide bonds. The average Bonchev–Trinajstić information content (AvgIpc) is 2.62. The molecule has 0 aromatic carbocycles. The molecular weight excluding hydrogens is 212 g/mol. The van der Waals surface area contributed by atoms with Crippen molar-refractivity contribution < 1.29 is 9.52 Å². The maximum atomic E-state index is 10.4. The first-order valence-corrected chi connectivity index (χ1v) is 6.72. The molecule has 2 heteroatoms. The monoisotopic (exact) mass is 238 g/mol. The molecule has 0 saturated heterocycles. The summed E-state index contributed by atoms with van der Waals surface area (Å²) in [4.78, 5) is 0. The Kier molecular flexibility index (Phi) is 4.42. The summed E-state index contributed by atoms with van der Waals surface area (Å²) in [5.74, 6) is 3.01. The Morgan fingerprint density at radius 1 is 1.41 bits per heavy atom. The zero-order valence-corrected chi connectivity index (χ0v) is 12.0. The summed E-state index contributed by atoms with van der Waals surface area (Å²) in [5, 5.41) is 10.4. The van der Waals surface area contributed by atoms with E-state index in [-0.39, 0.29) is 0 Å². The highest BCUT2D eigenvalue weighted by atomic mass is 16.3. The minimum atomic E-state index is -0.708. The van der Waals surface area contributed by atoms with E-state index in [0.29, 0.717) is 11.8 Å². The summed E-state index contributed by atoms with van der Waals surface area (Å²) in [6, 6.07) is 1.98. The van der Waals surface area contributed by atoms with Gasteiger partial charge in [-0.25, -0.2) is 0 Å². The van der Waals surface area contributed by atoms with Crippen molar-refractivity contribution in [2.24, 2.45) is 11.8 Å². The second-order valence-electron chi connectivity index (χ2n) is 5.38. The van der Waals surface area contributed by atoms with E-state index in [9.17, 15) is 5.11 Å². The number of aliphatic hydroxyl groups is 1. The second-order valence-corrected chi connectivity index (χ2v) is 5.38. The van der Waals surface area contributed by atoms with Gasteiger partial charge < -0.3 is 9.52 Å². The molecule has 0 saturated carbocycles.